The first kappa shape index (κ1) is 25.1. The first-order chi connectivity index (χ1) is 19.9. The molecule has 0 unspecified atom stereocenters. The van der Waals surface area contributed by atoms with Crippen molar-refractivity contribution in [2.45, 2.75) is 6.42 Å². The van der Waals surface area contributed by atoms with Gasteiger partial charge in [0.1, 0.15) is 0 Å². The number of hydrogen-bond donors (Lipinski definition) is 0. The molecule has 12 nitrogen and oxygen atoms in total. The Balaban J connectivity index is 1.19. The summed E-state index contributed by atoms with van der Waals surface area (Å²) < 4.78 is 0. The molecule has 41 heavy (non-hydrogen) atoms. The van der Waals surface area contributed by atoms with E-state index >= 15 is 0 Å². The zero-order valence-corrected chi connectivity index (χ0v) is 21.0. The van der Waals surface area contributed by atoms with Crippen molar-refractivity contribution in [1.82, 2.24) is 0 Å². The number of fused-ring (bicyclic) bond motifs is 2. The molecule has 6 rings (SSSR count). The van der Waals surface area contributed by atoms with Crippen LogP contribution in [-0.4, -0.2) is 23.6 Å². The van der Waals surface area contributed by atoms with Gasteiger partial charge in [-0.1, -0.05) is 58.8 Å². The van der Waals surface area contributed by atoms with Crippen LogP contribution in [0.15, 0.2) is 95.2 Å². The fourth-order valence-electron chi connectivity index (χ4n) is 5.03. The highest BCUT2D eigenvalue weighted by molar-refractivity contribution is 6.36. The van der Waals surface area contributed by atoms with Crippen LogP contribution in [-0.2, 0) is 6.42 Å². The van der Waals surface area contributed by atoms with Crippen molar-refractivity contribution in [2.24, 2.45) is 10.2 Å². The Morgan fingerprint density at radius 3 is 1.29 bits per heavy atom. The topological polar surface area (TPSA) is 172 Å². The average molecular weight is 540 g/mol. The van der Waals surface area contributed by atoms with Gasteiger partial charge in [-0.25, -0.2) is 9.80 Å². The standard InChI is InChI=1S/C29H16N8O4/c30-34-32-22-5-1-3-20-24(22)28(40)36(26(20)38)18-11-7-16(8-12-18)15-17-9-13-19(14-10-17)37-27(39)21-4-2-6-23(33-35-31)25(21)29(37)41/h1-14H,15H2. The summed E-state index contributed by atoms with van der Waals surface area (Å²) in [5.74, 6) is -2.11. The molecule has 0 saturated heterocycles. The summed E-state index contributed by atoms with van der Waals surface area (Å²) in [4.78, 5) is 59.6. The molecule has 0 saturated carbocycles. The van der Waals surface area contributed by atoms with E-state index in [4.69, 9.17) is 11.1 Å². The minimum atomic E-state index is -0.559. The normalized spacial score (nSPS) is 13.6. The molecule has 2 heterocycles. The third-order valence-corrected chi connectivity index (χ3v) is 6.89. The van der Waals surface area contributed by atoms with Gasteiger partial charge in [-0.3, -0.25) is 19.2 Å². The van der Waals surface area contributed by atoms with Crippen molar-refractivity contribution in [2.75, 3.05) is 9.80 Å². The molecule has 2 aliphatic rings. The molecule has 196 valence electrons. The number of benzene rings is 4. The van der Waals surface area contributed by atoms with Crippen LogP contribution in [0, 0.1) is 0 Å². The Morgan fingerprint density at radius 2 is 0.927 bits per heavy atom. The third kappa shape index (κ3) is 4.05. The predicted octanol–water partition coefficient (Wildman–Crippen LogP) is 6.76. The summed E-state index contributed by atoms with van der Waals surface area (Å²) >= 11 is 0. The van der Waals surface area contributed by atoms with Crippen LogP contribution in [0.5, 0.6) is 0 Å². The van der Waals surface area contributed by atoms with Gasteiger partial charge in [-0.05, 0) is 65.0 Å². The minimum Gasteiger partial charge on any atom is -0.268 e. The number of carbonyl (C=O) groups excluding carboxylic acids is 4. The number of anilines is 2. The Kier molecular flexibility index (Phi) is 6.01. The highest BCUT2D eigenvalue weighted by Crippen LogP contribution is 2.36. The van der Waals surface area contributed by atoms with Gasteiger partial charge < -0.3 is 0 Å². The number of hydrogen-bond acceptors (Lipinski definition) is 6. The van der Waals surface area contributed by atoms with Crippen molar-refractivity contribution in [3.8, 4) is 0 Å². The Morgan fingerprint density at radius 1 is 0.537 bits per heavy atom. The predicted molar refractivity (Wildman–Crippen MR) is 148 cm³/mol. The highest BCUT2D eigenvalue weighted by Gasteiger charge is 2.39. The zero-order valence-electron chi connectivity index (χ0n) is 21.0. The highest BCUT2D eigenvalue weighted by atomic mass is 16.2. The van der Waals surface area contributed by atoms with Gasteiger partial charge in [0.15, 0.2) is 0 Å². The largest absolute Gasteiger partial charge is 0.268 e. The molecule has 4 aromatic rings. The van der Waals surface area contributed by atoms with E-state index in [9.17, 15) is 19.2 Å². The van der Waals surface area contributed by atoms with Crippen molar-refractivity contribution in [3.05, 3.63) is 139 Å². The monoisotopic (exact) mass is 540 g/mol. The van der Waals surface area contributed by atoms with Gasteiger partial charge in [-0.15, -0.1) is 0 Å². The van der Waals surface area contributed by atoms with Crippen LogP contribution in [0.25, 0.3) is 20.9 Å². The van der Waals surface area contributed by atoms with Crippen molar-refractivity contribution < 1.29 is 19.2 Å². The first-order valence-corrected chi connectivity index (χ1v) is 12.2. The molecule has 0 spiro atoms. The number of rotatable bonds is 6. The first-order valence-electron chi connectivity index (χ1n) is 12.2. The van der Waals surface area contributed by atoms with Crippen molar-refractivity contribution >= 4 is 46.4 Å². The fraction of sp³-hybridized carbons (Fsp3) is 0.0345. The lowest BCUT2D eigenvalue weighted by atomic mass is 10.0. The van der Waals surface area contributed by atoms with Crippen molar-refractivity contribution in [1.29, 1.82) is 0 Å². The molecule has 0 radical (unpaired) electrons. The van der Waals surface area contributed by atoms with Crippen LogP contribution in [0.4, 0.5) is 22.7 Å². The van der Waals surface area contributed by atoms with E-state index in [2.05, 4.69) is 20.1 Å². The van der Waals surface area contributed by atoms with Gasteiger partial charge in [0.2, 0.25) is 0 Å². The second-order valence-corrected chi connectivity index (χ2v) is 9.18. The molecule has 0 atom stereocenters. The van der Waals surface area contributed by atoms with Gasteiger partial charge >= 0.3 is 0 Å². The Hall–Kier alpha value is -6.22. The minimum absolute atomic E-state index is 0.0755. The van der Waals surface area contributed by atoms with Crippen LogP contribution < -0.4 is 9.80 Å². The molecule has 4 amide bonds. The number of imide groups is 2. The SMILES string of the molecule is [N-]=[N+]=Nc1cccc2c1C(=O)N(c1ccc(Cc3ccc(N4C(=O)c5cccc(N=[N+]=[N-])c5C4=O)cc3)cc1)C2=O. The van der Waals surface area contributed by atoms with E-state index in [0.29, 0.717) is 17.8 Å². The van der Waals surface area contributed by atoms with Crippen LogP contribution in [0.3, 0.4) is 0 Å². The molecular weight excluding hydrogens is 524 g/mol. The molecule has 0 bridgehead atoms. The number of amides is 4. The lowest BCUT2D eigenvalue weighted by molar-refractivity contribution is 0.0910. The summed E-state index contributed by atoms with van der Waals surface area (Å²) in [5, 5.41) is 7.07. The maximum Gasteiger partial charge on any atom is 0.266 e. The van der Waals surface area contributed by atoms with Gasteiger partial charge in [0.25, 0.3) is 23.6 Å². The van der Waals surface area contributed by atoms with Gasteiger partial charge in [-0.2, -0.15) is 0 Å². The summed E-state index contributed by atoms with van der Waals surface area (Å²) in [6.07, 6.45) is 0.507. The Labute approximate surface area is 231 Å². The lowest BCUT2D eigenvalue weighted by Crippen LogP contribution is -2.29. The van der Waals surface area contributed by atoms with E-state index in [1.165, 1.54) is 24.3 Å². The molecule has 0 fully saturated rings. The van der Waals surface area contributed by atoms with Gasteiger partial charge in [0.05, 0.1) is 45.0 Å². The summed E-state index contributed by atoms with van der Waals surface area (Å²) in [5.41, 5.74) is 20.9. The van der Waals surface area contributed by atoms with Crippen LogP contribution in [0.1, 0.15) is 52.6 Å². The summed E-state index contributed by atoms with van der Waals surface area (Å²) in [6.45, 7) is 0. The summed E-state index contributed by atoms with van der Waals surface area (Å²) in [7, 11) is 0. The van der Waals surface area contributed by atoms with Crippen molar-refractivity contribution in [3.63, 3.8) is 0 Å². The maximum absolute atomic E-state index is 13.0. The number of azide groups is 2. The Bertz CT molecular complexity index is 1770. The molecule has 0 aromatic heterocycles. The second-order valence-electron chi connectivity index (χ2n) is 9.18. The molecular formula is C29H16N8O4. The summed E-state index contributed by atoms with van der Waals surface area (Å²) in [6, 6.07) is 23.0. The number of carbonyl (C=O) groups is 4. The second kappa shape index (κ2) is 9.83. The average Bonchev–Trinajstić information content (AvgIpc) is 3.39. The lowest BCUT2D eigenvalue weighted by Gasteiger charge is -2.15. The van der Waals surface area contributed by atoms with E-state index in [-0.39, 0.29) is 33.6 Å². The fourth-order valence-corrected chi connectivity index (χ4v) is 5.03. The molecule has 0 N–H and O–H groups in total. The van der Waals surface area contributed by atoms with Crippen LogP contribution >= 0.6 is 0 Å². The van der Waals surface area contributed by atoms with E-state index in [1.807, 2.05) is 0 Å². The third-order valence-electron chi connectivity index (χ3n) is 6.89. The molecule has 2 aliphatic heterocycles. The van der Waals surface area contributed by atoms with E-state index < -0.39 is 23.6 Å². The van der Waals surface area contributed by atoms with E-state index in [1.54, 1.807) is 60.7 Å². The van der Waals surface area contributed by atoms with Gasteiger partial charge in [0, 0.05) is 9.82 Å². The van der Waals surface area contributed by atoms with Crippen LogP contribution in [0.2, 0.25) is 0 Å². The molecule has 0 aliphatic carbocycles. The quantitative estimate of drug-likeness (QED) is 0.114. The number of nitrogens with zero attached hydrogens (tertiary/aromatic N) is 8. The maximum atomic E-state index is 13.0. The smallest absolute Gasteiger partial charge is 0.266 e. The van der Waals surface area contributed by atoms with E-state index in [0.717, 1.165) is 20.9 Å². The molecule has 4 aromatic carbocycles. The zero-order chi connectivity index (χ0) is 28.7. The molecule has 12 heteroatoms.